The van der Waals surface area contributed by atoms with Gasteiger partial charge in [-0.05, 0) is 52.6 Å². The molecule has 4 nitrogen and oxygen atoms in total. The van der Waals surface area contributed by atoms with E-state index in [0.717, 1.165) is 48.5 Å². The van der Waals surface area contributed by atoms with Crippen molar-refractivity contribution in [2.24, 2.45) is 11.3 Å². The van der Waals surface area contributed by atoms with E-state index in [1.54, 1.807) is 5.01 Å². The Kier molecular flexibility index (Phi) is 6.26. The SMILES string of the molecule is C=C/C(I)=C1/C=CC(C(C)(C)CCN2CCOCC2)=CN1N. The first-order valence-corrected chi connectivity index (χ1v) is 8.78. The molecule has 0 aromatic rings. The van der Waals surface area contributed by atoms with Crippen molar-refractivity contribution in [2.75, 3.05) is 32.8 Å². The van der Waals surface area contributed by atoms with Gasteiger partial charge >= 0.3 is 0 Å². The largest absolute Gasteiger partial charge is 0.379 e. The maximum atomic E-state index is 6.15. The quantitative estimate of drug-likeness (QED) is 0.553. The number of rotatable bonds is 5. The summed E-state index contributed by atoms with van der Waals surface area (Å²) in [4.78, 5) is 2.48. The van der Waals surface area contributed by atoms with Gasteiger partial charge in [0.05, 0.1) is 18.9 Å². The van der Waals surface area contributed by atoms with Gasteiger partial charge in [-0.3, -0.25) is 9.91 Å². The first-order valence-electron chi connectivity index (χ1n) is 7.70. The molecule has 0 aromatic heterocycles. The molecule has 0 aromatic carbocycles. The number of allylic oxidation sites excluding steroid dienone is 5. The summed E-state index contributed by atoms with van der Waals surface area (Å²) >= 11 is 2.25. The van der Waals surface area contributed by atoms with E-state index < -0.39 is 0 Å². The highest BCUT2D eigenvalue weighted by Gasteiger charge is 2.26. The summed E-state index contributed by atoms with van der Waals surface area (Å²) in [5, 5.41) is 1.70. The van der Waals surface area contributed by atoms with E-state index in [-0.39, 0.29) is 5.41 Å². The van der Waals surface area contributed by atoms with Crippen molar-refractivity contribution in [3.05, 3.63) is 45.9 Å². The van der Waals surface area contributed by atoms with Crippen molar-refractivity contribution < 1.29 is 4.74 Å². The molecule has 0 radical (unpaired) electrons. The molecule has 0 atom stereocenters. The third-order valence-corrected chi connectivity index (χ3v) is 5.33. The fraction of sp³-hybridized carbons (Fsp3) is 0.529. The average molecular weight is 415 g/mol. The van der Waals surface area contributed by atoms with E-state index in [2.05, 4.69) is 60.1 Å². The second-order valence-corrected chi connectivity index (χ2v) is 7.51. The van der Waals surface area contributed by atoms with Crippen LogP contribution in [0.4, 0.5) is 0 Å². The van der Waals surface area contributed by atoms with Crippen molar-refractivity contribution >= 4 is 22.6 Å². The second-order valence-electron chi connectivity index (χ2n) is 6.35. The van der Waals surface area contributed by atoms with Crippen LogP contribution in [0.25, 0.3) is 0 Å². The Labute approximate surface area is 147 Å². The molecule has 1 saturated heterocycles. The van der Waals surface area contributed by atoms with Crippen LogP contribution in [0.2, 0.25) is 0 Å². The summed E-state index contributed by atoms with van der Waals surface area (Å²) in [6.45, 7) is 13.3. The molecule has 2 aliphatic heterocycles. The Hall–Kier alpha value is -0.630. The molecule has 22 heavy (non-hydrogen) atoms. The first kappa shape index (κ1) is 17.7. The minimum atomic E-state index is 0.0948. The highest BCUT2D eigenvalue weighted by molar-refractivity contribution is 14.1. The Morgan fingerprint density at radius 2 is 2.09 bits per heavy atom. The third kappa shape index (κ3) is 4.44. The van der Waals surface area contributed by atoms with Crippen molar-refractivity contribution in [3.63, 3.8) is 0 Å². The zero-order valence-electron chi connectivity index (χ0n) is 13.5. The van der Waals surface area contributed by atoms with Gasteiger partial charge in [-0.25, -0.2) is 5.84 Å². The number of nitrogens with zero attached hydrogens (tertiary/aromatic N) is 2. The average Bonchev–Trinajstić information content (AvgIpc) is 2.53. The maximum absolute atomic E-state index is 6.15. The molecule has 2 N–H and O–H groups in total. The summed E-state index contributed by atoms with van der Waals surface area (Å²) in [6.07, 6.45) is 9.23. The lowest BCUT2D eigenvalue weighted by Gasteiger charge is -2.34. The molecule has 5 heteroatoms. The Balaban J connectivity index is 2.00. The lowest BCUT2D eigenvalue weighted by Crippen LogP contribution is -2.38. The van der Waals surface area contributed by atoms with Crippen LogP contribution in [0, 0.1) is 5.41 Å². The molecule has 2 aliphatic rings. The van der Waals surface area contributed by atoms with Crippen LogP contribution < -0.4 is 5.84 Å². The van der Waals surface area contributed by atoms with Gasteiger partial charge in [0.2, 0.25) is 0 Å². The van der Waals surface area contributed by atoms with E-state index in [0.29, 0.717) is 0 Å². The van der Waals surface area contributed by atoms with Crippen molar-refractivity contribution in [2.45, 2.75) is 20.3 Å². The van der Waals surface area contributed by atoms with Crippen LogP contribution >= 0.6 is 22.6 Å². The molecule has 0 aliphatic carbocycles. The van der Waals surface area contributed by atoms with Gasteiger partial charge in [-0.1, -0.05) is 32.6 Å². The van der Waals surface area contributed by atoms with E-state index in [1.807, 2.05) is 12.3 Å². The molecular formula is C17H26IN3O. The number of hydrogen-bond acceptors (Lipinski definition) is 4. The number of nitrogens with two attached hydrogens (primary N) is 1. The number of hydrazine groups is 1. The molecule has 0 spiro atoms. The summed E-state index contributed by atoms with van der Waals surface area (Å²) in [6, 6.07) is 0. The lowest BCUT2D eigenvalue weighted by atomic mass is 9.80. The van der Waals surface area contributed by atoms with Crippen LogP contribution in [0.3, 0.4) is 0 Å². The zero-order valence-corrected chi connectivity index (χ0v) is 15.7. The van der Waals surface area contributed by atoms with E-state index in [1.165, 1.54) is 5.57 Å². The number of halogens is 1. The van der Waals surface area contributed by atoms with E-state index >= 15 is 0 Å². The summed E-state index contributed by atoms with van der Waals surface area (Å²) in [7, 11) is 0. The Bertz CT molecular complexity index is 502. The number of hydrogen-bond donors (Lipinski definition) is 1. The van der Waals surface area contributed by atoms with Gasteiger partial charge in [-0.2, -0.15) is 0 Å². The smallest absolute Gasteiger partial charge is 0.0701 e. The monoisotopic (exact) mass is 415 g/mol. The molecule has 0 amide bonds. The second kappa shape index (κ2) is 7.77. The fourth-order valence-corrected chi connectivity index (χ4v) is 3.09. The molecule has 2 heterocycles. The minimum Gasteiger partial charge on any atom is -0.379 e. The van der Waals surface area contributed by atoms with E-state index in [4.69, 9.17) is 10.6 Å². The molecule has 1 fully saturated rings. The molecule has 122 valence electrons. The summed E-state index contributed by atoms with van der Waals surface area (Å²) in [5.74, 6) is 6.15. The van der Waals surface area contributed by atoms with Crippen LogP contribution in [0.5, 0.6) is 0 Å². The highest BCUT2D eigenvalue weighted by Crippen LogP contribution is 2.35. The number of morpholine rings is 1. The van der Waals surface area contributed by atoms with Gasteiger partial charge in [-0.15, -0.1) is 0 Å². The highest BCUT2D eigenvalue weighted by atomic mass is 127. The van der Waals surface area contributed by atoms with Crippen LogP contribution in [-0.4, -0.2) is 42.8 Å². The maximum Gasteiger partial charge on any atom is 0.0701 e. The molecule has 0 bridgehead atoms. The van der Waals surface area contributed by atoms with Crippen LogP contribution in [0.1, 0.15) is 20.3 Å². The molecule has 0 saturated carbocycles. The van der Waals surface area contributed by atoms with E-state index in [9.17, 15) is 0 Å². The Morgan fingerprint density at radius 3 is 2.68 bits per heavy atom. The first-order chi connectivity index (χ1) is 10.4. The zero-order chi connectivity index (χ0) is 16.2. The van der Waals surface area contributed by atoms with Crippen molar-refractivity contribution in [3.8, 4) is 0 Å². The predicted octanol–water partition coefficient (Wildman–Crippen LogP) is 3.20. The van der Waals surface area contributed by atoms with Gasteiger partial charge in [0.15, 0.2) is 0 Å². The lowest BCUT2D eigenvalue weighted by molar-refractivity contribution is 0.0340. The predicted molar refractivity (Wildman–Crippen MR) is 100 cm³/mol. The number of ether oxygens (including phenoxy) is 1. The van der Waals surface area contributed by atoms with Crippen molar-refractivity contribution in [1.29, 1.82) is 0 Å². The van der Waals surface area contributed by atoms with Gasteiger partial charge < -0.3 is 4.74 Å². The van der Waals surface area contributed by atoms with Crippen molar-refractivity contribution in [1.82, 2.24) is 9.91 Å². The third-order valence-electron chi connectivity index (χ3n) is 4.34. The fourth-order valence-electron chi connectivity index (χ4n) is 2.63. The Morgan fingerprint density at radius 1 is 1.41 bits per heavy atom. The topological polar surface area (TPSA) is 41.7 Å². The van der Waals surface area contributed by atoms with Crippen LogP contribution in [-0.2, 0) is 4.74 Å². The molecule has 0 unspecified atom stereocenters. The molecule has 2 rings (SSSR count). The standard InChI is InChI=1S/C17H26IN3O/c1-4-15(18)16-6-5-14(13-21(16)19)17(2,3)7-8-20-9-11-22-12-10-20/h4-6,13H,1,7-12,19H2,2-3H3/b16-15+. The van der Waals surface area contributed by atoms with Gasteiger partial charge in [0, 0.05) is 22.9 Å². The summed E-state index contributed by atoms with van der Waals surface area (Å²) < 4.78 is 6.46. The van der Waals surface area contributed by atoms with Crippen LogP contribution in [0.15, 0.2) is 45.9 Å². The molecular weight excluding hydrogens is 389 g/mol. The van der Waals surface area contributed by atoms with Gasteiger partial charge in [0.25, 0.3) is 0 Å². The summed E-state index contributed by atoms with van der Waals surface area (Å²) in [5.41, 5.74) is 2.35. The van der Waals surface area contributed by atoms with Gasteiger partial charge in [0.1, 0.15) is 0 Å². The normalized spacial score (nSPS) is 22.5. The minimum absolute atomic E-state index is 0.0948.